The highest BCUT2D eigenvalue weighted by molar-refractivity contribution is 6.30. The van der Waals surface area contributed by atoms with E-state index < -0.39 is 0 Å². The fraction of sp³-hybridized carbons (Fsp3) is 0.250. The van der Waals surface area contributed by atoms with Gasteiger partial charge in [0, 0.05) is 37.1 Å². The third-order valence-electron chi connectivity index (χ3n) is 5.35. The molecule has 154 valence electrons. The van der Waals surface area contributed by atoms with E-state index in [1.165, 1.54) is 11.1 Å². The minimum Gasteiger partial charge on any atom is -0.484 e. The molecule has 2 aromatic carbocycles. The molecule has 1 aliphatic rings. The molecule has 0 radical (unpaired) electrons. The van der Waals surface area contributed by atoms with E-state index in [4.69, 9.17) is 16.3 Å². The monoisotopic (exact) mass is 421 g/mol. The Morgan fingerprint density at radius 3 is 2.67 bits per heavy atom. The molecule has 1 aromatic heterocycles. The molecule has 1 atom stereocenters. The summed E-state index contributed by atoms with van der Waals surface area (Å²) < 4.78 is 5.56. The fourth-order valence-electron chi connectivity index (χ4n) is 3.76. The van der Waals surface area contributed by atoms with Crippen molar-refractivity contribution >= 4 is 17.5 Å². The van der Waals surface area contributed by atoms with Crippen LogP contribution in [0.1, 0.15) is 22.7 Å². The normalized spacial score (nSPS) is 14.6. The van der Waals surface area contributed by atoms with E-state index in [9.17, 15) is 4.79 Å². The van der Waals surface area contributed by atoms with Crippen molar-refractivity contribution in [2.24, 2.45) is 0 Å². The number of halogens is 1. The number of rotatable bonds is 7. The Bertz CT molecular complexity index is 979. The number of amides is 1. The summed E-state index contributed by atoms with van der Waals surface area (Å²) in [4.78, 5) is 19.1. The molecule has 0 aliphatic carbocycles. The standard InChI is InChI=1S/C24H24ClN3O2/c25-21-7-9-22(10-8-21)30-17-24(29)27-15-23(19-6-3-12-26-14-19)28-13-11-18-4-1-2-5-20(18)16-28/h1-10,12,14,23H,11,13,15-17H2,(H,27,29)/t23-/m0/s1. The third kappa shape index (κ3) is 5.17. The lowest BCUT2D eigenvalue weighted by atomic mass is 9.97. The fourth-order valence-corrected chi connectivity index (χ4v) is 3.88. The van der Waals surface area contributed by atoms with Gasteiger partial charge < -0.3 is 10.1 Å². The summed E-state index contributed by atoms with van der Waals surface area (Å²) in [5, 5.41) is 3.66. The van der Waals surface area contributed by atoms with Crippen LogP contribution in [0.25, 0.3) is 0 Å². The van der Waals surface area contributed by atoms with Gasteiger partial charge in [-0.1, -0.05) is 41.9 Å². The number of carbonyl (C=O) groups excluding carboxylic acids is 1. The molecule has 0 unspecified atom stereocenters. The predicted molar refractivity (Wildman–Crippen MR) is 117 cm³/mol. The Morgan fingerprint density at radius 2 is 1.90 bits per heavy atom. The van der Waals surface area contributed by atoms with Crippen LogP contribution in [0.2, 0.25) is 5.02 Å². The summed E-state index contributed by atoms with van der Waals surface area (Å²) in [6.07, 6.45) is 4.65. The number of carbonyl (C=O) groups is 1. The highest BCUT2D eigenvalue weighted by atomic mass is 35.5. The van der Waals surface area contributed by atoms with Gasteiger partial charge in [-0.05, 0) is 53.4 Å². The maximum Gasteiger partial charge on any atom is 0.258 e. The van der Waals surface area contributed by atoms with Crippen LogP contribution < -0.4 is 10.1 Å². The van der Waals surface area contributed by atoms with Crippen molar-refractivity contribution in [3.8, 4) is 5.75 Å². The lowest BCUT2D eigenvalue weighted by Crippen LogP contribution is -2.41. The van der Waals surface area contributed by atoms with Crippen molar-refractivity contribution in [1.82, 2.24) is 15.2 Å². The average molecular weight is 422 g/mol. The van der Waals surface area contributed by atoms with Gasteiger partial charge in [0.25, 0.3) is 5.91 Å². The summed E-state index contributed by atoms with van der Waals surface area (Å²) in [6.45, 7) is 2.25. The van der Waals surface area contributed by atoms with E-state index in [0.717, 1.165) is 25.1 Å². The smallest absolute Gasteiger partial charge is 0.258 e. The molecule has 4 rings (SSSR count). The molecule has 0 bridgehead atoms. The Labute approximate surface area is 181 Å². The van der Waals surface area contributed by atoms with Crippen LogP contribution in [0.15, 0.2) is 73.1 Å². The molecular formula is C24H24ClN3O2. The third-order valence-corrected chi connectivity index (χ3v) is 5.60. The van der Waals surface area contributed by atoms with Gasteiger partial charge in [-0.15, -0.1) is 0 Å². The molecule has 0 fully saturated rings. The lowest BCUT2D eigenvalue weighted by molar-refractivity contribution is -0.123. The van der Waals surface area contributed by atoms with Gasteiger partial charge in [-0.25, -0.2) is 0 Å². The van der Waals surface area contributed by atoms with Gasteiger partial charge in [-0.2, -0.15) is 0 Å². The van der Waals surface area contributed by atoms with Crippen molar-refractivity contribution < 1.29 is 9.53 Å². The number of aromatic nitrogens is 1. The van der Waals surface area contributed by atoms with Crippen molar-refractivity contribution in [3.05, 3.63) is 94.8 Å². The van der Waals surface area contributed by atoms with Crippen LogP contribution in [0.3, 0.4) is 0 Å². The molecule has 0 saturated heterocycles. The van der Waals surface area contributed by atoms with Gasteiger partial charge in [-0.3, -0.25) is 14.7 Å². The number of hydrogen-bond donors (Lipinski definition) is 1. The number of benzene rings is 2. The Kier molecular flexibility index (Phi) is 6.62. The summed E-state index contributed by atoms with van der Waals surface area (Å²) in [5.74, 6) is 0.460. The number of nitrogens with one attached hydrogen (secondary N) is 1. The summed E-state index contributed by atoms with van der Waals surface area (Å²) in [7, 11) is 0. The first kappa shape index (κ1) is 20.4. The molecule has 30 heavy (non-hydrogen) atoms. The zero-order chi connectivity index (χ0) is 20.8. The van der Waals surface area contributed by atoms with E-state index in [1.54, 1.807) is 30.5 Å². The molecule has 1 N–H and O–H groups in total. The molecule has 5 nitrogen and oxygen atoms in total. The molecular weight excluding hydrogens is 398 g/mol. The first-order valence-corrected chi connectivity index (χ1v) is 10.4. The number of ether oxygens (including phenoxy) is 1. The average Bonchev–Trinajstić information content (AvgIpc) is 2.79. The quantitative estimate of drug-likeness (QED) is 0.625. The number of hydrogen-bond acceptors (Lipinski definition) is 4. The van der Waals surface area contributed by atoms with Crippen molar-refractivity contribution in [1.29, 1.82) is 0 Å². The topological polar surface area (TPSA) is 54.5 Å². The van der Waals surface area contributed by atoms with Gasteiger partial charge >= 0.3 is 0 Å². The maximum absolute atomic E-state index is 12.4. The van der Waals surface area contributed by atoms with Crippen LogP contribution >= 0.6 is 11.6 Å². The van der Waals surface area contributed by atoms with Gasteiger partial charge in [0.05, 0.1) is 6.04 Å². The minimum atomic E-state index is -0.156. The van der Waals surface area contributed by atoms with Crippen LogP contribution in [0.4, 0.5) is 0 Å². The van der Waals surface area contributed by atoms with Crippen LogP contribution in [-0.4, -0.2) is 35.5 Å². The second-order valence-corrected chi connectivity index (χ2v) is 7.77. The van der Waals surface area contributed by atoms with E-state index >= 15 is 0 Å². The van der Waals surface area contributed by atoms with Gasteiger partial charge in [0.1, 0.15) is 5.75 Å². The van der Waals surface area contributed by atoms with E-state index in [1.807, 2.05) is 12.3 Å². The van der Waals surface area contributed by atoms with E-state index in [-0.39, 0.29) is 18.6 Å². The lowest BCUT2D eigenvalue weighted by Gasteiger charge is -2.36. The Hall–Kier alpha value is -2.89. The maximum atomic E-state index is 12.4. The van der Waals surface area contributed by atoms with Crippen molar-refractivity contribution in [3.63, 3.8) is 0 Å². The minimum absolute atomic E-state index is 0.0375. The highest BCUT2D eigenvalue weighted by Gasteiger charge is 2.25. The summed E-state index contributed by atoms with van der Waals surface area (Å²) in [5.41, 5.74) is 3.84. The Balaban J connectivity index is 1.40. The van der Waals surface area contributed by atoms with Gasteiger partial charge in [0.2, 0.25) is 0 Å². The second-order valence-electron chi connectivity index (χ2n) is 7.34. The number of nitrogens with zero attached hydrogens (tertiary/aromatic N) is 2. The molecule has 0 spiro atoms. The molecule has 1 amide bonds. The zero-order valence-electron chi connectivity index (χ0n) is 16.6. The number of fused-ring (bicyclic) bond motifs is 1. The van der Waals surface area contributed by atoms with E-state index in [0.29, 0.717) is 17.3 Å². The van der Waals surface area contributed by atoms with Crippen LogP contribution in [0, 0.1) is 0 Å². The second kappa shape index (κ2) is 9.74. The summed E-state index contributed by atoms with van der Waals surface area (Å²) in [6, 6.07) is 19.6. The number of pyridine rings is 1. The van der Waals surface area contributed by atoms with Crippen molar-refractivity contribution in [2.75, 3.05) is 19.7 Å². The first-order valence-electron chi connectivity index (χ1n) is 10.0. The largest absolute Gasteiger partial charge is 0.484 e. The van der Waals surface area contributed by atoms with E-state index in [2.05, 4.69) is 45.5 Å². The van der Waals surface area contributed by atoms with Crippen LogP contribution in [-0.2, 0) is 17.8 Å². The molecule has 3 aromatic rings. The first-order chi connectivity index (χ1) is 14.7. The Morgan fingerprint density at radius 1 is 1.10 bits per heavy atom. The molecule has 1 aliphatic heterocycles. The SMILES string of the molecule is O=C(COc1ccc(Cl)cc1)NC[C@@H](c1cccnc1)N1CCc2ccccc2C1. The molecule has 6 heteroatoms. The predicted octanol–water partition coefficient (Wildman–Crippen LogP) is 4.03. The molecule has 2 heterocycles. The summed E-state index contributed by atoms with van der Waals surface area (Å²) >= 11 is 5.88. The van der Waals surface area contributed by atoms with Crippen molar-refractivity contribution in [2.45, 2.75) is 19.0 Å². The molecule has 0 saturated carbocycles. The highest BCUT2D eigenvalue weighted by Crippen LogP contribution is 2.27. The van der Waals surface area contributed by atoms with Gasteiger partial charge in [0.15, 0.2) is 6.61 Å². The zero-order valence-corrected chi connectivity index (χ0v) is 17.4. The van der Waals surface area contributed by atoms with Crippen LogP contribution in [0.5, 0.6) is 5.75 Å².